The number of hydrogen-bond donors (Lipinski definition) is 3. The fourth-order valence-electron chi connectivity index (χ4n) is 1.64. The number of hydrogen-bond acceptors (Lipinski definition) is 3. The number of benzene rings is 1. The molecule has 0 saturated heterocycles. The maximum Gasteiger partial charge on any atom is 0.221 e. The Bertz CT molecular complexity index is 528. The largest absolute Gasteiger partial charge is 0.361 e. The molecule has 6 heteroatoms. The van der Waals surface area contributed by atoms with Crippen molar-refractivity contribution in [1.82, 2.24) is 10.7 Å². The zero-order valence-corrected chi connectivity index (χ0v) is 13.5. The molecule has 21 heavy (non-hydrogen) atoms. The van der Waals surface area contributed by atoms with Crippen LogP contribution in [0.4, 0.5) is 5.69 Å². The minimum atomic E-state index is -0.0961. The molecule has 1 aromatic rings. The number of nitrogens with one attached hydrogen (secondary N) is 3. The SMILES string of the molecule is CCCCNC(=S)NN=C(C)c1cccc(NC(C)=O)c1. The molecule has 0 spiro atoms. The van der Waals surface area contributed by atoms with Gasteiger partial charge in [0.15, 0.2) is 5.11 Å². The monoisotopic (exact) mass is 306 g/mol. The van der Waals surface area contributed by atoms with E-state index < -0.39 is 0 Å². The van der Waals surface area contributed by atoms with Gasteiger partial charge in [0.25, 0.3) is 0 Å². The van der Waals surface area contributed by atoms with Crippen LogP contribution in [0.2, 0.25) is 0 Å². The van der Waals surface area contributed by atoms with Crippen LogP contribution < -0.4 is 16.1 Å². The molecular weight excluding hydrogens is 284 g/mol. The average Bonchev–Trinajstić information content (AvgIpc) is 2.44. The van der Waals surface area contributed by atoms with Gasteiger partial charge in [-0.05, 0) is 43.3 Å². The average molecular weight is 306 g/mol. The van der Waals surface area contributed by atoms with Crippen molar-refractivity contribution in [1.29, 1.82) is 0 Å². The predicted octanol–water partition coefficient (Wildman–Crippen LogP) is 2.63. The maximum absolute atomic E-state index is 11.1. The number of carbonyl (C=O) groups is 1. The number of nitrogens with zero attached hydrogens (tertiary/aromatic N) is 1. The van der Waals surface area contributed by atoms with Gasteiger partial charge in [-0.2, -0.15) is 5.10 Å². The summed E-state index contributed by atoms with van der Waals surface area (Å²) >= 11 is 5.13. The standard InChI is InChI=1S/C15H22N4OS/c1-4-5-9-16-15(21)19-18-11(2)13-7-6-8-14(10-13)17-12(3)20/h6-8,10H,4-5,9H2,1-3H3,(H,17,20)(H2,16,19,21). The van der Waals surface area contributed by atoms with E-state index in [9.17, 15) is 4.79 Å². The minimum absolute atomic E-state index is 0.0961. The second kappa shape index (κ2) is 9.07. The summed E-state index contributed by atoms with van der Waals surface area (Å²) in [5.41, 5.74) is 5.28. The smallest absolute Gasteiger partial charge is 0.221 e. The van der Waals surface area contributed by atoms with E-state index in [0.717, 1.165) is 36.3 Å². The summed E-state index contributed by atoms with van der Waals surface area (Å²) < 4.78 is 0. The third-order valence-corrected chi connectivity index (χ3v) is 2.98. The highest BCUT2D eigenvalue weighted by Gasteiger charge is 2.01. The number of hydrazone groups is 1. The van der Waals surface area contributed by atoms with Crippen LogP contribution in [0.15, 0.2) is 29.4 Å². The summed E-state index contributed by atoms with van der Waals surface area (Å²) in [6.45, 7) is 6.33. The number of rotatable bonds is 6. The van der Waals surface area contributed by atoms with Crippen molar-refractivity contribution in [3.8, 4) is 0 Å². The first-order valence-corrected chi connectivity index (χ1v) is 7.40. The van der Waals surface area contributed by atoms with E-state index in [4.69, 9.17) is 12.2 Å². The number of unbranched alkanes of at least 4 members (excludes halogenated alkanes) is 1. The van der Waals surface area contributed by atoms with E-state index in [2.05, 4.69) is 28.1 Å². The third-order valence-electron chi connectivity index (χ3n) is 2.74. The lowest BCUT2D eigenvalue weighted by atomic mass is 10.1. The topological polar surface area (TPSA) is 65.5 Å². The molecule has 0 aromatic heterocycles. The summed E-state index contributed by atoms with van der Waals surface area (Å²) in [7, 11) is 0. The van der Waals surface area contributed by atoms with Crippen LogP contribution >= 0.6 is 12.2 Å². The maximum atomic E-state index is 11.1. The van der Waals surface area contributed by atoms with Crippen molar-refractivity contribution in [3.05, 3.63) is 29.8 Å². The lowest BCUT2D eigenvalue weighted by molar-refractivity contribution is -0.114. The van der Waals surface area contributed by atoms with Crippen LogP contribution in [-0.4, -0.2) is 23.3 Å². The molecule has 0 heterocycles. The van der Waals surface area contributed by atoms with E-state index in [1.165, 1.54) is 6.92 Å². The van der Waals surface area contributed by atoms with Gasteiger partial charge in [-0.25, -0.2) is 0 Å². The highest BCUT2D eigenvalue weighted by molar-refractivity contribution is 7.80. The molecule has 114 valence electrons. The van der Waals surface area contributed by atoms with Crippen LogP contribution in [-0.2, 0) is 4.79 Å². The van der Waals surface area contributed by atoms with Crippen LogP contribution in [0.3, 0.4) is 0 Å². The van der Waals surface area contributed by atoms with Gasteiger partial charge in [0.05, 0.1) is 5.71 Å². The highest BCUT2D eigenvalue weighted by Crippen LogP contribution is 2.11. The number of amides is 1. The minimum Gasteiger partial charge on any atom is -0.361 e. The zero-order chi connectivity index (χ0) is 15.7. The lowest BCUT2D eigenvalue weighted by Crippen LogP contribution is -2.33. The van der Waals surface area contributed by atoms with Gasteiger partial charge in [0.1, 0.15) is 0 Å². The molecule has 1 aromatic carbocycles. The van der Waals surface area contributed by atoms with Crippen LogP contribution in [0, 0.1) is 0 Å². The summed E-state index contributed by atoms with van der Waals surface area (Å²) in [6, 6.07) is 7.51. The molecule has 0 aliphatic heterocycles. The first kappa shape index (κ1) is 17.1. The Kier molecular flexibility index (Phi) is 7.39. The van der Waals surface area contributed by atoms with Crippen molar-refractivity contribution < 1.29 is 4.79 Å². The molecule has 3 N–H and O–H groups in total. The van der Waals surface area contributed by atoms with E-state index in [1.807, 2.05) is 31.2 Å². The summed E-state index contributed by atoms with van der Waals surface area (Å²) in [6.07, 6.45) is 2.19. The van der Waals surface area contributed by atoms with E-state index in [0.29, 0.717) is 5.11 Å². The normalized spacial score (nSPS) is 10.9. The zero-order valence-electron chi connectivity index (χ0n) is 12.7. The molecule has 0 unspecified atom stereocenters. The van der Waals surface area contributed by atoms with E-state index >= 15 is 0 Å². The molecule has 0 radical (unpaired) electrons. The molecule has 1 amide bonds. The Hall–Kier alpha value is -1.95. The van der Waals surface area contributed by atoms with E-state index in [-0.39, 0.29) is 5.91 Å². The fourth-order valence-corrected chi connectivity index (χ4v) is 1.79. The fraction of sp³-hybridized carbons (Fsp3) is 0.400. The van der Waals surface area contributed by atoms with Crippen molar-refractivity contribution >= 4 is 34.6 Å². The number of carbonyl (C=O) groups excluding carboxylic acids is 1. The van der Waals surface area contributed by atoms with Crippen molar-refractivity contribution in [2.24, 2.45) is 5.10 Å². The molecule has 0 aliphatic carbocycles. The van der Waals surface area contributed by atoms with Gasteiger partial charge in [0, 0.05) is 19.2 Å². The summed E-state index contributed by atoms with van der Waals surface area (Å²) in [5, 5.41) is 10.6. The molecule has 0 bridgehead atoms. The van der Waals surface area contributed by atoms with Gasteiger partial charge in [-0.1, -0.05) is 25.5 Å². The Morgan fingerprint density at radius 2 is 2.10 bits per heavy atom. The van der Waals surface area contributed by atoms with Gasteiger partial charge in [0.2, 0.25) is 5.91 Å². The predicted molar refractivity (Wildman–Crippen MR) is 91.6 cm³/mol. The van der Waals surface area contributed by atoms with Crippen molar-refractivity contribution in [3.63, 3.8) is 0 Å². The van der Waals surface area contributed by atoms with Crippen LogP contribution in [0.25, 0.3) is 0 Å². The quantitative estimate of drug-likeness (QED) is 0.327. The van der Waals surface area contributed by atoms with Crippen LogP contribution in [0.5, 0.6) is 0 Å². The van der Waals surface area contributed by atoms with Crippen molar-refractivity contribution in [2.75, 3.05) is 11.9 Å². The Labute approximate surface area is 131 Å². The first-order chi connectivity index (χ1) is 10.0. The lowest BCUT2D eigenvalue weighted by Gasteiger charge is -2.08. The van der Waals surface area contributed by atoms with Gasteiger partial charge in [-0.15, -0.1) is 0 Å². The molecule has 0 aliphatic rings. The number of thiocarbonyl (C=S) groups is 1. The molecular formula is C15H22N4OS. The van der Waals surface area contributed by atoms with Crippen molar-refractivity contribution in [2.45, 2.75) is 33.6 Å². The highest BCUT2D eigenvalue weighted by atomic mass is 32.1. The van der Waals surface area contributed by atoms with Crippen LogP contribution in [0.1, 0.15) is 39.2 Å². The van der Waals surface area contributed by atoms with Gasteiger partial charge >= 0.3 is 0 Å². The van der Waals surface area contributed by atoms with Gasteiger partial charge in [-0.3, -0.25) is 10.2 Å². The Balaban J connectivity index is 2.61. The summed E-state index contributed by atoms with van der Waals surface area (Å²) in [4.78, 5) is 11.1. The Morgan fingerprint density at radius 1 is 1.33 bits per heavy atom. The number of anilines is 1. The van der Waals surface area contributed by atoms with Gasteiger partial charge < -0.3 is 10.6 Å². The second-order valence-electron chi connectivity index (χ2n) is 4.68. The molecule has 1 rings (SSSR count). The van der Waals surface area contributed by atoms with E-state index in [1.54, 1.807) is 0 Å². The molecule has 5 nitrogen and oxygen atoms in total. The molecule has 0 saturated carbocycles. The first-order valence-electron chi connectivity index (χ1n) is 6.99. The summed E-state index contributed by atoms with van der Waals surface area (Å²) in [5.74, 6) is -0.0961. The second-order valence-corrected chi connectivity index (χ2v) is 5.09. The Morgan fingerprint density at radius 3 is 2.76 bits per heavy atom. The third kappa shape index (κ3) is 6.85. The molecule has 0 fully saturated rings. The molecule has 0 atom stereocenters.